The largest absolute Gasteiger partial charge is 0.493 e. The minimum Gasteiger partial charge on any atom is -0.493 e. The number of ether oxygens (including phenoxy) is 3. The average Bonchev–Trinajstić information content (AvgIpc) is 2.73. The van der Waals surface area contributed by atoms with Crippen molar-refractivity contribution >= 4 is 5.69 Å². The standard InChI is InChI=1S/C21H26N2O5/c1-26-20-10-18(13-22-12-17-8-5-9-27-14-17)19(23(24)25)11-21(20)28-15-16-6-3-2-4-7-16/h2-4,6-7,10-11,17,22H,5,8-9,12-15H2,1H3. The number of nitro benzene ring substituents is 1. The van der Waals surface area contributed by atoms with Gasteiger partial charge in [-0.05, 0) is 30.4 Å². The fraction of sp³-hybridized carbons (Fsp3) is 0.429. The lowest BCUT2D eigenvalue weighted by molar-refractivity contribution is -0.385. The van der Waals surface area contributed by atoms with Gasteiger partial charge >= 0.3 is 0 Å². The number of benzene rings is 2. The summed E-state index contributed by atoms with van der Waals surface area (Å²) >= 11 is 0. The molecule has 0 bridgehead atoms. The molecule has 1 aliphatic rings. The Bertz CT molecular complexity index is 776. The van der Waals surface area contributed by atoms with Crippen molar-refractivity contribution in [2.75, 3.05) is 26.9 Å². The summed E-state index contributed by atoms with van der Waals surface area (Å²) in [7, 11) is 1.53. The van der Waals surface area contributed by atoms with Crippen molar-refractivity contribution in [3.63, 3.8) is 0 Å². The molecule has 0 amide bonds. The Hall–Kier alpha value is -2.64. The molecule has 150 valence electrons. The summed E-state index contributed by atoms with van der Waals surface area (Å²) in [6.45, 7) is 3.04. The van der Waals surface area contributed by atoms with Crippen LogP contribution < -0.4 is 14.8 Å². The molecule has 0 aliphatic carbocycles. The second-order valence-corrected chi connectivity index (χ2v) is 6.88. The maximum atomic E-state index is 11.6. The van der Waals surface area contributed by atoms with Gasteiger partial charge in [-0.2, -0.15) is 0 Å². The number of hydrogen-bond acceptors (Lipinski definition) is 6. The van der Waals surface area contributed by atoms with Crippen molar-refractivity contribution in [2.24, 2.45) is 5.92 Å². The van der Waals surface area contributed by atoms with Gasteiger partial charge in [0.15, 0.2) is 11.5 Å². The van der Waals surface area contributed by atoms with E-state index in [0.717, 1.165) is 38.2 Å². The molecule has 2 aromatic rings. The van der Waals surface area contributed by atoms with Crippen LogP contribution in [0.4, 0.5) is 5.69 Å². The minimum absolute atomic E-state index is 0.0243. The topological polar surface area (TPSA) is 82.9 Å². The van der Waals surface area contributed by atoms with E-state index in [-0.39, 0.29) is 10.6 Å². The third-order valence-electron chi connectivity index (χ3n) is 4.80. The number of nitro groups is 1. The summed E-state index contributed by atoms with van der Waals surface area (Å²) in [6.07, 6.45) is 2.18. The molecule has 0 saturated carbocycles. The normalized spacial score (nSPS) is 16.5. The van der Waals surface area contributed by atoms with Crippen LogP contribution in [0.5, 0.6) is 11.5 Å². The minimum atomic E-state index is -0.379. The highest BCUT2D eigenvalue weighted by Gasteiger charge is 2.20. The molecular formula is C21H26N2O5. The highest BCUT2D eigenvalue weighted by atomic mass is 16.6. The molecule has 28 heavy (non-hydrogen) atoms. The first-order valence-electron chi connectivity index (χ1n) is 9.48. The van der Waals surface area contributed by atoms with E-state index in [0.29, 0.717) is 36.1 Å². The first-order valence-corrected chi connectivity index (χ1v) is 9.48. The molecule has 1 N–H and O–H groups in total. The molecule has 1 saturated heterocycles. The van der Waals surface area contributed by atoms with E-state index in [1.54, 1.807) is 6.07 Å². The van der Waals surface area contributed by atoms with Gasteiger partial charge in [-0.3, -0.25) is 10.1 Å². The van der Waals surface area contributed by atoms with Gasteiger partial charge in [0.25, 0.3) is 5.69 Å². The Morgan fingerprint density at radius 1 is 1.25 bits per heavy atom. The van der Waals surface area contributed by atoms with Crippen LogP contribution in [0.15, 0.2) is 42.5 Å². The fourth-order valence-corrected chi connectivity index (χ4v) is 3.29. The molecule has 1 heterocycles. The van der Waals surface area contributed by atoms with Crippen LogP contribution in [0, 0.1) is 16.0 Å². The molecule has 1 atom stereocenters. The van der Waals surface area contributed by atoms with Crippen LogP contribution in [-0.2, 0) is 17.9 Å². The van der Waals surface area contributed by atoms with Crippen molar-refractivity contribution in [1.82, 2.24) is 5.32 Å². The van der Waals surface area contributed by atoms with Crippen LogP contribution in [0.3, 0.4) is 0 Å². The van der Waals surface area contributed by atoms with E-state index in [9.17, 15) is 10.1 Å². The van der Waals surface area contributed by atoms with Crippen LogP contribution in [0.25, 0.3) is 0 Å². The Kier molecular flexibility index (Phi) is 7.22. The molecule has 1 unspecified atom stereocenters. The number of hydrogen-bond donors (Lipinski definition) is 1. The molecule has 1 fully saturated rings. The maximum Gasteiger partial charge on any atom is 0.277 e. The molecule has 0 aromatic heterocycles. The summed E-state index contributed by atoms with van der Waals surface area (Å²) in [5.74, 6) is 1.30. The van der Waals surface area contributed by atoms with Gasteiger partial charge in [-0.15, -0.1) is 0 Å². The molecule has 7 heteroatoms. The highest BCUT2D eigenvalue weighted by molar-refractivity contribution is 5.54. The van der Waals surface area contributed by atoms with Crippen molar-refractivity contribution in [3.8, 4) is 11.5 Å². The molecule has 2 aromatic carbocycles. The fourth-order valence-electron chi connectivity index (χ4n) is 3.29. The van der Waals surface area contributed by atoms with Crippen molar-refractivity contribution in [2.45, 2.75) is 26.0 Å². The van der Waals surface area contributed by atoms with Gasteiger partial charge in [0.2, 0.25) is 0 Å². The second-order valence-electron chi connectivity index (χ2n) is 6.88. The van der Waals surface area contributed by atoms with Crippen molar-refractivity contribution in [1.29, 1.82) is 0 Å². The van der Waals surface area contributed by atoms with Gasteiger partial charge in [0, 0.05) is 25.3 Å². The van der Waals surface area contributed by atoms with Crippen LogP contribution in [0.1, 0.15) is 24.0 Å². The Balaban J connectivity index is 1.69. The highest BCUT2D eigenvalue weighted by Crippen LogP contribution is 2.35. The zero-order valence-electron chi connectivity index (χ0n) is 16.1. The second kappa shape index (κ2) is 10.1. The van der Waals surface area contributed by atoms with Crippen LogP contribution in [-0.4, -0.2) is 31.8 Å². The van der Waals surface area contributed by atoms with Gasteiger partial charge < -0.3 is 19.5 Å². The van der Waals surface area contributed by atoms with E-state index in [2.05, 4.69) is 5.32 Å². The van der Waals surface area contributed by atoms with Crippen molar-refractivity contribution < 1.29 is 19.1 Å². The smallest absolute Gasteiger partial charge is 0.277 e. The summed E-state index contributed by atoms with van der Waals surface area (Å²) in [4.78, 5) is 11.2. The lowest BCUT2D eigenvalue weighted by Gasteiger charge is -2.22. The zero-order valence-corrected chi connectivity index (χ0v) is 16.1. The summed E-state index contributed by atoms with van der Waals surface area (Å²) < 4.78 is 16.7. The molecule has 3 rings (SSSR count). The Morgan fingerprint density at radius 3 is 2.75 bits per heavy atom. The van der Waals surface area contributed by atoms with E-state index in [4.69, 9.17) is 14.2 Å². The van der Waals surface area contributed by atoms with Crippen LogP contribution in [0.2, 0.25) is 0 Å². The maximum absolute atomic E-state index is 11.6. The van der Waals surface area contributed by atoms with E-state index >= 15 is 0 Å². The quantitative estimate of drug-likeness (QED) is 0.523. The van der Waals surface area contributed by atoms with Crippen molar-refractivity contribution in [3.05, 3.63) is 63.7 Å². The third-order valence-corrected chi connectivity index (χ3v) is 4.80. The Morgan fingerprint density at radius 2 is 2.07 bits per heavy atom. The first kappa shape index (κ1) is 20.1. The number of methoxy groups -OCH3 is 1. The average molecular weight is 386 g/mol. The molecule has 0 radical (unpaired) electrons. The lowest BCUT2D eigenvalue weighted by Crippen LogP contribution is -2.29. The summed E-state index contributed by atoms with van der Waals surface area (Å²) in [6, 6.07) is 12.8. The first-order chi connectivity index (χ1) is 13.7. The van der Waals surface area contributed by atoms with Gasteiger partial charge in [0.05, 0.1) is 24.7 Å². The van der Waals surface area contributed by atoms with Gasteiger partial charge in [-0.25, -0.2) is 0 Å². The summed E-state index contributed by atoms with van der Waals surface area (Å²) in [5, 5.41) is 14.9. The zero-order chi connectivity index (χ0) is 19.8. The van der Waals surface area contributed by atoms with E-state index in [1.165, 1.54) is 13.2 Å². The molecular weight excluding hydrogens is 360 g/mol. The SMILES string of the molecule is COc1cc(CNCC2CCCOC2)c([N+](=O)[O-])cc1OCc1ccccc1. The van der Waals surface area contributed by atoms with Crippen LogP contribution >= 0.6 is 0 Å². The number of nitrogens with one attached hydrogen (secondary N) is 1. The monoisotopic (exact) mass is 386 g/mol. The molecule has 7 nitrogen and oxygen atoms in total. The predicted molar refractivity (Wildman–Crippen MR) is 106 cm³/mol. The Labute approximate surface area is 164 Å². The summed E-state index contributed by atoms with van der Waals surface area (Å²) in [5.41, 5.74) is 1.58. The van der Waals surface area contributed by atoms with Gasteiger partial charge in [-0.1, -0.05) is 30.3 Å². The molecule has 0 spiro atoms. The lowest BCUT2D eigenvalue weighted by atomic mass is 10.0. The number of nitrogens with zero attached hydrogens (tertiary/aromatic N) is 1. The van der Waals surface area contributed by atoms with Gasteiger partial charge in [0.1, 0.15) is 6.61 Å². The number of rotatable bonds is 9. The predicted octanol–water partition coefficient (Wildman–Crippen LogP) is 3.70. The van der Waals surface area contributed by atoms with E-state index in [1.807, 2.05) is 30.3 Å². The van der Waals surface area contributed by atoms with E-state index < -0.39 is 0 Å². The molecule has 1 aliphatic heterocycles. The third kappa shape index (κ3) is 5.43.